The number of benzene rings is 3. The Hall–Kier alpha value is -2.81. The van der Waals surface area contributed by atoms with Gasteiger partial charge in [0.2, 0.25) is 18.2 Å². The lowest BCUT2D eigenvalue weighted by atomic mass is 10.0. The standard InChI is InChI=1S/C26H27O4P/c1-16-11-17(2)23(18(3)12-16)25(28)31(30,22-9-7-6-8-10-22)26(29)24-19(4)13-21(15-27)14-20(24)5/h6-14,27H,15H2,1-5H3. The summed E-state index contributed by atoms with van der Waals surface area (Å²) in [6, 6.07) is 15.4. The second-order valence-electron chi connectivity index (χ2n) is 8.09. The van der Waals surface area contributed by atoms with E-state index in [2.05, 4.69) is 0 Å². The van der Waals surface area contributed by atoms with E-state index in [9.17, 15) is 19.3 Å². The molecule has 3 aromatic carbocycles. The van der Waals surface area contributed by atoms with Crippen LogP contribution in [0.1, 0.15) is 54.1 Å². The highest BCUT2D eigenvalue weighted by Crippen LogP contribution is 2.52. The molecule has 0 aliphatic carbocycles. The Balaban J connectivity index is 2.30. The third-order valence-electron chi connectivity index (χ3n) is 5.57. The van der Waals surface area contributed by atoms with Gasteiger partial charge in [-0.15, -0.1) is 0 Å². The Morgan fingerprint density at radius 2 is 1.16 bits per heavy atom. The Morgan fingerprint density at radius 3 is 1.58 bits per heavy atom. The van der Waals surface area contributed by atoms with E-state index in [0.29, 0.717) is 33.4 Å². The van der Waals surface area contributed by atoms with Crippen LogP contribution in [0.3, 0.4) is 0 Å². The van der Waals surface area contributed by atoms with Crippen LogP contribution in [-0.4, -0.2) is 16.2 Å². The molecular weight excluding hydrogens is 407 g/mol. The van der Waals surface area contributed by atoms with Crippen molar-refractivity contribution in [3.8, 4) is 0 Å². The van der Waals surface area contributed by atoms with E-state index in [1.807, 2.05) is 19.1 Å². The van der Waals surface area contributed by atoms with Crippen molar-refractivity contribution in [2.24, 2.45) is 0 Å². The normalized spacial score (nSPS) is 13.0. The van der Waals surface area contributed by atoms with Gasteiger partial charge in [-0.25, -0.2) is 0 Å². The van der Waals surface area contributed by atoms with Gasteiger partial charge in [0, 0.05) is 16.4 Å². The average Bonchev–Trinajstić information content (AvgIpc) is 2.72. The maximum absolute atomic E-state index is 14.5. The lowest BCUT2D eigenvalue weighted by molar-refractivity contribution is 0.104. The van der Waals surface area contributed by atoms with Gasteiger partial charge in [0.1, 0.15) is 0 Å². The minimum atomic E-state index is -4.18. The molecular formula is C26H27O4P. The average molecular weight is 434 g/mol. The zero-order valence-electron chi connectivity index (χ0n) is 18.5. The third kappa shape index (κ3) is 4.06. The number of carbonyl (C=O) groups is 2. The van der Waals surface area contributed by atoms with Crippen molar-refractivity contribution in [3.05, 3.63) is 99.1 Å². The van der Waals surface area contributed by atoms with Gasteiger partial charge < -0.3 is 9.67 Å². The quantitative estimate of drug-likeness (QED) is 0.528. The maximum atomic E-state index is 14.5. The summed E-state index contributed by atoms with van der Waals surface area (Å²) in [5, 5.41) is 9.71. The fourth-order valence-electron chi connectivity index (χ4n) is 4.28. The van der Waals surface area contributed by atoms with Crippen molar-refractivity contribution < 1.29 is 19.3 Å². The van der Waals surface area contributed by atoms with Crippen LogP contribution < -0.4 is 5.30 Å². The molecule has 0 aliphatic rings. The van der Waals surface area contributed by atoms with Crippen LogP contribution in [0.5, 0.6) is 0 Å². The Bertz CT molecular complexity index is 1180. The number of aliphatic hydroxyl groups is 1. The molecule has 0 heterocycles. The van der Waals surface area contributed by atoms with Gasteiger partial charge in [-0.3, -0.25) is 9.59 Å². The van der Waals surface area contributed by atoms with E-state index in [0.717, 1.165) is 5.56 Å². The first-order valence-corrected chi connectivity index (χ1v) is 11.9. The molecule has 3 aromatic rings. The SMILES string of the molecule is Cc1cc(C)c(C(=O)P(=O)(C(=O)c2c(C)cc(CO)cc2C)c2ccccc2)c(C)c1. The summed E-state index contributed by atoms with van der Waals surface area (Å²) in [4.78, 5) is 27.7. The van der Waals surface area contributed by atoms with Gasteiger partial charge >= 0.3 is 0 Å². The summed E-state index contributed by atoms with van der Waals surface area (Å²) < 4.78 is 14.5. The molecule has 1 unspecified atom stereocenters. The monoisotopic (exact) mass is 434 g/mol. The van der Waals surface area contributed by atoms with Crippen molar-refractivity contribution in [2.45, 2.75) is 41.2 Å². The van der Waals surface area contributed by atoms with Crippen LogP contribution in [0.25, 0.3) is 0 Å². The van der Waals surface area contributed by atoms with Crippen molar-refractivity contribution in [1.29, 1.82) is 0 Å². The van der Waals surface area contributed by atoms with E-state index in [1.165, 1.54) is 0 Å². The zero-order chi connectivity index (χ0) is 22.9. The van der Waals surface area contributed by atoms with Crippen molar-refractivity contribution in [3.63, 3.8) is 0 Å². The summed E-state index contributed by atoms with van der Waals surface area (Å²) >= 11 is 0. The van der Waals surface area contributed by atoms with Gasteiger partial charge in [-0.2, -0.15) is 0 Å². The van der Waals surface area contributed by atoms with Gasteiger partial charge in [0.25, 0.3) is 0 Å². The smallest absolute Gasteiger partial charge is 0.248 e. The maximum Gasteiger partial charge on any atom is 0.248 e. The molecule has 0 aromatic heterocycles. The minimum Gasteiger partial charge on any atom is -0.392 e. The molecule has 0 spiro atoms. The summed E-state index contributed by atoms with van der Waals surface area (Å²) in [6.07, 6.45) is 0. The Morgan fingerprint density at radius 1 is 0.742 bits per heavy atom. The number of carbonyl (C=O) groups excluding carboxylic acids is 2. The predicted octanol–water partition coefficient (Wildman–Crippen LogP) is 5.39. The predicted molar refractivity (Wildman–Crippen MR) is 125 cm³/mol. The van der Waals surface area contributed by atoms with Gasteiger partial charge in [-0.1, -0.05) is 60.2 Å². The molecule has 0 bridgehead atoms. The highest BCUT2D eigenvalue weighted by Gasteiger charge is 2.44. The van der Waals surface area contributed by atoms with Crippen LogP contribution in [0.15, 0.2) is 54.6 Å². The van der Waals surface area contributed by atoms with Crippen LogP contribution >= 0.6 is 7.14 Å². The first-order chi connectivity index (χ1) is 14.6. The molecule has 160 valence electrons. The molecule has 3 rings (SSSR count). The molecule has 0 fully saturated rings. The topological polar surface area (TPSA) is 71.4 Å². The fourth-order valence-corrected chi connectivity index (χ4v) is 6.86. The molecule has 1 atom stereocenters. The van der Waals surface area contributed by atoms with Crippen LogP contribution in [0.4, 0.5) is 0 Å². The third-order valence-corrected chi connectivity index (χ3v) is 8.19. The molecule has 4 nitrogen and oxygen atoms in total. The van der Waals surface area contributed by atoms with Gasteiger partial charge in [0.05, 0.1) is 6.61 Å². The van der Waals surface area contributed by atoms with Crippen molar-refractivity contribution in [2.75, 3.05) is 0 Å². The number of rotatable bonds is 6. The Labute approximate surface area is 183 Å². The van der Waals surface area contributed by atoms with Gasteiger partial charge in [-0.05, 0) is 62.4 Å². The summed E-state index contributed by atoms with van der Waals surface area (Å²) in [7, 11) is -4.18. The summed E-state index contributed by atoms with van der Waals surface area (Å²) in [5.74, 6) is 0. The molecule has 5 heteroatoms. The van der Waals surface area contributed by atoms with Crippen molar-refractivity contribution in [1.82, 2.24) is 0 Å². The highest BCUT2D eigenvalue weighted by atomic mass is 31.2. The number of hydrogen-bond donors (Lipinski definition) is 1. The molecule has 0 saturated heterocycles. The summed E-state index contributed by atoms with van der Waals surface area (Å²) in [5.41, 5.74) is 3.58. The van der Waals surface area contributed by atoms with Gasteiger partial charge in [0.15, 0.2) is 0 Å². The van der Waals surface area contributed by atoms with E-state index >= 15 is 0 Å². The van der Waals surface area contributed by atoms with Crippen LogP contribution in [0, 0.1) is 34.6 Å². The van der Waals surface area contributed by atoms with Crippen LogP contribution in [0.2, 0.25) is 0 Å². The number of hydrogen-bond acceptors (Lipinski definition) is 4. The molecule has 0 aliphatic heterocycles. The van der Waals surface area contributed by atoms with Crippen molar-refractivity contribution >= 4 is 23.5 Å². The van der Waals surface area contributed by atoms with E-state index in [4.69, 9.17) is 0 Å². The first-order valence-electron chi connectivity index (χ1n) is 10.2. The first kappa shape index (κ1) is 22.9. The fraction of sp³-hybridized carbons (Fsp3) is 0.231. The molecule has 31 heavy (non-hydrogen) atoms. The molecule has 0 saturated carbocycles. The van der Waals surface area contributed by atoms with E-state index in [1.54, 1.807) is 70.2 Å². The van der Waals surface area contributed by atoms with E-state index < -0.39 is 18.2 Å². The number of aliphatic hydroxyl groups excluding tert-OH is 1. The molecule has 1 N–H and O–H groups in total. The Kier molecular flexibility index (Phi) is 6.45. The number of aryl methyl sites for hydroxylation is 5. The van der Waals surface area contributed by atoms with E-state index in [-0.39, 0.29) is 17.5 Å². The second kappa shape index (κ2) is 8.74. The lowest BCUT2D eigenvalue weighted by Crippen LogP contribution is -2.23. The molecule has 0 radical (unpaired) electrons. The second-order valence-corrected chi connectivity index (χ2v) is 10.6. The van der Waals surface area contributed by atoms with Crippen LogP contribution in [-0.2, 0) is 11.2 Å². The lowest BCUT2D eigenvalue weighted by Gasteiger charge is -2.21. The molecule has 0 amide bonds. The summed E-state index contributed by atoms with van der Waals surface area (Å²) in [6.45, 7) is 8.86. The highest BCUT2D eigenvalue weighted by molar-refractivity contribution is 8.01. The largest absolute Gasteiger partial charge is 0.392 e. The zero-order valence-corrected chi connectivity index (χ0v) is 19.4. The minimum absolute atomic E-state index is 0.160.